The molecule has 0 amide bonds. The molecule has 0 aromatic rings. The van der Waals surface area contributed by atoms with E-state index in [0.29, 0.717) is 6.04 Å². The van der Waals surface area contributed by atoms with Gasteiger partial charge < -0.3 is 19.9 Å². The Labute approximate surface area is 130 Å². The second kappa shape index (κ2) is 9.06. The summed E-state index contributed by atoms with van der Waals surface area (Å²) in [6, 6.07) is 0.389. The van der Waals surface area contributed by atoms with Gasteiger partial charge in [0.2, 0.25) is 0 Å². The van der Waals surface area contributed by atoms with Crippen molar-refractivity contribution in [3.63, 3.8) is 0 Å². The van der Waals surface area contributed by atoms with Crippen molar-refractivity contribution in [1.29, 1.82) is 0 Å². The molecule has 0 aliphatic carbocycles. The molecular formula is C16H34N2O3. The highest BCUT2D eigenvalue weighted by Crippen LogP contribution is 2.21. The van der Waals surface area contributed by atoms with Crippen molar-refractivity contribution in [3.8, 4) is 0 Å². The van der Waals surface area contributed by atoms with Crippen molar-refractivity contribution in [2.24, 2.45) is 0 Å². The van der Waals surface area contributed by atoms with Gasteiger partial charge in [-0.1, -0.05) is 20.8 Å². The van der Waals surface area contributed by atoms with Crippen LogP contribution in [0.4, 0.5) is 0 Å². The molecule has 0 radical (unpaired) electrons. The number of aliphatic hydroxyl groups excluding tert-OH is 1. The minimum atomic E-state index is -0.144. The molecule has 0 aromatic carbocycles. The molecular weight excluding hydrogens is 268 g/mol. The molecule has 126 valence electrons. The number of methoxy groups -OCH3 is 2. The number of nitrogens with one attached hydrogen (secondary N) is 1. The fourth-order valence-corrected chi connectivity index (χ4v) is 3.29. The summed E-state index contributed by atoms with van der Waals surface area (Å²) < 4.78 is 10.9. The second-order valence-corrected chi connectivity index (χ2v) is 6.50. The van der Waals surface area contributed by atoms with Gasteiger partial charge in [0.05, 0.1) is 18.8 Å². The van der Waals surface area contributed by atoms with Crippen LogP contribution in [0.25, 0.3) is 0 Å². The lowest BCUT2D eigenvalue weighted by atomic mass is 9.90. The lowest BCUT2D eigenvalue weighted by molar-refractivity contribution is -0.00461. The molecule has 0 bridgehead atoms. The van der Waals surface area contributed by atoms with Crippen LogP contribution in [0.5, 0.6) is 0 Å². The molecule has 5 nitrogen and oxygen atoms in total. The Bertz CT molecular complexity index is 271. The topological polar surface area (TPSA) is 54.0 Å². The monoisotopic (exact) mass is 302 g/mol. The molecule has 0 saturated carbocycles. The number of likely N-dealkylation sites (tertiary alicyclic amines) is 1. The minimum absolute atomic E-state index is 0.144. The van der Waals surface area contributed by atoms with Gasteiger partial charge in [-0.05, 0) is 25.8 Å². The van der Waals surface area contributed by atoms with E-state index >= 15 is 0 Å². The van der Waals surface area contributed by atoms with E-state index in [1.807, 2.05) is 0 Å². The maximum atomic E-state index is 9.76. The van der Waals surface area contributed by atoms with E-state index in [1.54, 1.807) is 14.2 Å². The van der Waals surface area contributed by atoms with Crippen molar-refractivity contribution in [2.45, 2.75) is 63.8 Å². The summed E-state index contributed by atoms with van der Waals surface area (Å²) in [6.07, 6.45) is 3.36. The van der Waals surface area contributed by atoms with Crippen LogP contribution in [0.2, 0.25) is 0 Å². The summed E-state index contributed by atoms with van der Waals surface area (Å²) in [6.45, 7) is 9.50. The quantitative estimate of drug-likeness (QED) is 0.636. The van der Waals surface area contributed by atoms with Crippen LogP contribution in [-0.4, -0.2) is 74.3 Å². The number of hydrogen-bond donors (Lipinski definition) is 2. The fraction of sp³-hybridized carbons (Fsp3) is 1.00. The maximum absolute atomic E-state index is 9.76. The van der Waals surface area contributed by atoms with Crippen molar-refractivity contribution >= 4 is 0 Å². The molecule has 1 aliphatic rings. The smallest absolute Gasteiger partial charge is 0.0971 e. The first-order chi connectivity index (χ1) is 10.00. The number of aliphatic hydroxyl groups is 1. The third kappa shape index (κ3) is 5.49. The van der Waals surface area contributed by atoms with E-state index < -0.39 is 0 Å². The molecule has 1 rings (SSSR count). The molecule has 2 N–H and O–H groups in total. The van der Waals surface area contributed by atoms with Crippen LogP contribution < -0.4 is 5.32 Å². The van der Waals surface area contributed by atoms with Crippen LogP contribution in [0.15, 0.2) is 0 Å². The molecule has 1 aliphatic heterocycles. The van der Waals surface area contributed by atoms with Crippen molar-refractivity contribution in [1.82, 2.24) is 10.2 Å². The van der Waals surface area contributed by atoms with E-state index in [2.05, 4.69) is 31.0 Å². The molecule has 5 heteroatoms. The second-order valence-electron chi connectivity index (χ2n) is 6.50. The van der Waals surface area contributed by atoms with Gasteiger partial charge in [0.1, 0.15) is 0 Å². The maximum Gasteiger partial charge on any atom is 0.0971 e. The van der Waals surface area contributed by atoms with Gasteiger partial charge in [0.15, 0.2) is 0 Å². The summed E-state index contributed by atoms with van der Waals surface area (Å²) in [4.78, 5) is 2.40. The van der Waals surface area contributed by atoms with Crippen LogP contribution in [0.1, 0.15) is 40.0 Å². The van der Waals surface area contributed by atoms with Crippen molar-refractivity contribution in [3.05, 3.63) is 0 Å². The van der Waals surface area contributed by atoms with Gasteiger partial charge >= 0.3 is 0 Å². The van der Waals surface area contributed by atoms with Gasteiger partial charge in [-0.3, -0.25) is 4.90 Å². The molecule has 3 unspecified atom stereocenters. The minimum Gasteiger partial charge on any atom is -0.394 e. The average Bonchev–Trinajstić information content (AvgIpc) is 2.88. The van der Waals surface area contributed by atoms with Crippen LogP contribution in [0.3, 0.4) is 0 Å². The number of nitrogens with zero attached hydrogens (tertiary/aromatic N) is 1. The predicted octanol–water partition coefficient (Wildman–Crippen LogP) is 1.25. The predicted molar refractivity (Wildman–Crippen MR) is 85.6 cm³/mol. The Morgan fingerprint density at radius 1 is 1.24 bits per heavy atom. The lowest BCUT2D eigenvalue weighted by Gasteiger charge is -2.35. The molecule has 21 heavy (non-hydrogen) atoms. The van der Waals surface area contributed by atoms with Gasteiger partial charge in [0.25, 0.3) is 0 Å². The Hall–Kier alpha value is -0.200. The summed E-state index contributed by atoms with van der Waals surface area (Å²) in [5.74, 6) is 0. The van der Waals surface area contributed by atoms with Crippen molar-refractivity contribution < 1.29 is 14.6 Å². The first-order valence-corrected chi connectivity index (χ1v) is 8.16. The summed E-state index contributed by atoms with van der Waals surface area (Å²) in [5.41, 5.74) is -0.144. The first kappa shape index (κ1) is 18.8. The van der Waals surface area contributed by atoms with E-state index in [-0.39, 0.29) is 24.4 Å². The normalized spacial score (nSPS) is 26.4. The third-order valence-corrected chi connectivity index (χ3v) is 4.60. The highest BCUT2D eigenvalue weighted by molar-refractivity contribution is 4.89. The molecule has 1 heterocycles. The largest absolute Gasteiger partial charge is 0.394 e. The number of ether oxygens (including phenoxy) is 2. The highest BCUT2D eigenvalue weighted by atomic mass is 16.5. The van der Waals surface area contributed by atoms with E-state index in [1.165, 1.54) is 0 Å². The van der Waals surface area contributed by atoms with Gasteiger partial charge in [-0.15, -0.1) is 0 Å². The van der Waals surface area contributed by atoms with Crippen LogP contribution >= 0.6 is 0 Å². The zero-order chi connectivity index (χ0) is 15.9. The summed E-state index contributed by atoms with van der Waals surface area (Å²) in [5, 5.41) is 13.3. The fourth-order valence-electron chi connectivity index (χ4n) is 3.29. The van der Waals surface area contributed by atoms with Gasteiger partial charge in [-0.2, -0.15) is 0 Å². The zero-order valence-electron chi connectivity index (χ0n) is 14.4. The van der Waals surface area contributed by atoms with Crippen molar-refractivity contribution in [2.75, 3.05) is 40.5 Å². The number of hydrogen-bond acceptors (Lipinski definition) is 5. The number of rotatable bonds is 10. The molecule has 1 fully saturated rings. The first-order valence-electron chi connectivity index (χ1n) is 8.16. The molecule has 0 aromatic heterocycles. The molecule has 1 saturated heterocycles. The Balaban J connectivity index is 2.41. The van der Waals surface area contributed by atoms with Crippen LogP contribution in [0, 0.1) is 0 Å². The van der Waals surface area contributed by atoms with Crippen LogP contribution in [-0.2, 0) is 9.47 Å². The summed E-state index contributed by atoms with van der Waals surface area (Å²) >= 11 is 0. The lowest BCUT2D eigenvalue weighted by Crippen LogP contribution is -2.51. The summed E-state index contributed by atoms with van der Waals surface area (Å²) in [7, 11) is 3.50. The standard InChI is InChI=1S/C16H34N2O3/c1-6-16(12-19,17-13(2)3)8-7-9-18-10-14(20-4)15(11-18)21-5/h13-15,17,19H,6-12H2,1-5H3. The van der Waals surface area contributed by atoms with E-state index in [0.717, 1.165) is 38.9 Å². The van der Waals surface area contributed by atoms with E-state index in [9.17, 15) is 5.11 Å². The van der Waals surface area contributed by atoms with E-state index in [4.69, 9.17) is 9.47 Å². The molecule has 3 atom stereocenters. The Kier molecular flexibility index (Phi) is 8.13. The third-order valence-electron chi connectivity index (χ3n) is 4.60. The zero-order valence-corrected chi connectivity index (χ0v) is 14.4. The van der Waals surface area contributed by atoms with Gasteiger partial charge in [0, 0.05) is 38.9 Å². The SMILES string of the molecule is CCC(CO)(CCCN1CC(OC)C(OC)C1)NC(C)C. The Morgan fingerprint density at radius 3 is 2.19 bits per heavy atom. The molecule has 0 spiro atoms. The highest BCUT2D eigenvalue weighted by Gasteiger charge is 2.33. The average molecular weight is 302 g/mol. The Morgan fingerprint density at radius 2 is 1.81 bits per heavy atom. The van der Waals surface area contributed by atoms with Gasteiger partial charge in [-0.25, -0.2) is 0 Å².